The van der Waals surface area contributed by atoms with Crippen molar-refractivity contribution in [1.82, 2.24) is 0 Å². The summed E-state index contributed by atoms with van der Waals surface area (Å²) in [5.74, 6) is 1.40. The highest BCUT2D eigenvalue weighted by atomic mass is 16.5. The Labute approximate surface area is 151 Å². The molecular formula is C20H20N2O4. The van der Waals surface area contributed by atoms with Crippen molar-refractivity contribution in [3.63, 3.8) is 0 Å². The summed E-state index contributed by atoms with van der Waals surface area (Å²) in [4.78, 5) is 12.4. The van der Waals surface area contributed by atoms with Gasteiger partial charge in [-0.1, -0.05) is 36.4 Å². The van der Waals surface area contributed by atoms with Crippen LogP contribution in [0.4, 0.5) is 16.2 Å². The fourth-order valence-corrected chi connectivity index (χ4v) is 2.77. The van der Waals surface area contributed by atoms with Gasteiger partial charge < -0.3 is 24.8 Å². The molecule has 6 nitrogen and oxygen atoms in total. The standard InChI is InChI=1S/C20H20N2O4/c1-24-17-11-14(12-18(25-2)19(17)26-3)21-20(23)22-16-10-6-8-13-7-4-5-9-15(13)16/h4-12H,1-3H3,(H2,21,22,23). The fourth-order valence-electron chi connectivity index (χ4n) is 2.77. The second-order valence-corrected chi connectivity index (χ2v) is 5.52. The summed E-state index contributed by atoms with van der Waals surface area (Å²) < 4.78 is 15.9. The first-order chi connectivity index (χ1) is 12.7. The highest BCUT2D eigenvalue weighted by Crippen LogP contribution is 2.40. The van der Waals surface area contributed by atoms with Gasteiger partial charge in [0.15, 0.2) is 11.5 Å². The molecule has 0 spiro atoms. The second-order valence-electron chi connectivity index (χ2n) is 5.52. The maximum Gasteiger partial charge on any atom is 0.323 e. The van der Waals surface area contributed by atoms with Gasteiger partial charge in [0, 0.05) is 17.5 Å². The first-order valence-electron chi connectivity index (χ1n) is 8.02. The largest absolute Gasteiger partial charge is 0.493 e. The third-order valence-corrected chi connectivity index (χ3v) is 3.96. The van der Waals surface area contributed by atoms with Crippen LogP contribution in [0.1, 0.15) is 0 Å². The number of ether oxygens (including phenoxy) is 3. The molecule has 0 saturated carbocycles. The third-order valence-electron chi connectivity index (χ3n) is 3.96. The van der Waals surface area contributed by atoms with Crippen molar-refractivity contribution < 1.29 is 19.0 Å². The molecule has 2 N–H and O–H groups in total. The summed E-state index contributed by atoms with van der Waals surface area (Å²) in [6.45, 7) is 0. The predicted molar refractivity (Wildman–Crippen MR) is 103 cm³/mol. The lowest BCUT2D eigenvalue weighted by Crippen LogP contribution is -2.19. The minimum Gasteiger partial charge on any atom is -0.493 e. The summed E-state index contributed by atoms with van der Waals surface area (Å²) in [5.41, 5.74) is 1.25. The van der Waals surface area contributed by atoms with E-state index in [9.17, 15) is 4.79 Å². The average molecular weight is 352 g/mol. The van der Waals surface area contributed by atoms with Crippen LogP contribution >= 0.6 is 0 Å². The SMILES string of the molecule is COc1cc(NC(=O)Nc2cccc3ccccc23)cc(OC)c1OC. The molecule has 3 aromatic carbocycles. The number of rotatable bonds is 5. The maximum atomic E-state index is 12.4. The van der Waals surface area contributed by atoms with Crippen LogP contribution in [0.5, 0.6) is 17.2 Å². The fraction of sp³-hybridized carbons (Fsp3) is 0.150. The van der Waals surface area contributed by atoms with Crippen molar-refractivity contribution in [2.75, 3.05) is 32.0 Å². The Morgan fingerprint density at radius 1 is 0.808 bits per heavy atom. The molecule has 0 aromatic heterocycles. The Morgan fingerprint density at radius 3 is 2.12 bits per heavy atom. The third kappa shape index (κ3) is 3.49. The monoisotopic (exact) mass is 352 g/mol. The molecule has 0 bridgehead atoms. The van der Waals surface area contributed by atoms with Gasteiger partial charge in [-0.15, -0.1) is 0 Å². The summed E-state index contributed by atoms with van der Waals surface area (Å²) in [5, 5.41) is 7.69. The van der Waals surface area contributed by atoms with Gasteiger partial charge in [-0.25, -0.2) is 4.79 Å². The van der Waals surface area contributed by atoms with Gasteiger partial charge >= 0.3 is 6.03 Å². The number of hydrogen-bond acceptors (Lipinski definition) is 4. The molecule has 3 rings (SSSR count). The quantitative estimate of drug-likeness (QED) is 0.709. The molecule has 0 aliphatic rings. The van der Waals surface area contributed by atoms with E-state index in [4.69, 9.17) is 14.2 Å². The molecule has 0 aliphatic carbocycles. The van der Waals surface area contributed by atoms with E-state index in [1.54, 1.807) is 12.1 Å². The van der Waals surface area contributed by atoms with E-state index < -0.39 is 0 Å². The summed E-state index contributed by atoms with van der Waals surface area (Å²) >= 11 is 0. The van der Waals surface area contributed by atoms with Crippen molar-refractivity contribution in [3.8, 4) is 17.2 Å². The van der Waals surface area contributed by atoms with Gasteiger partial charge in [-0.2, -0.15) is 0 Å². The Balaban J connectivity index is 1.84. The lowest BCUT2D eigenvalue weighted by molar-refractivity contribution is 0.262. The molecule has 3 aromatic rings. The highest BCUT2D eigenvalue weighted by Gasteiger charge is 2.14. The number of nitrogens with one attached hydrogen (secondary N) is 2. The smallest absolute Gasteiger partial charge is 0.323 e. The van der Waals surface area contributed by atoms with Crippen LogP contribution < -0.4 is 24.8 Å². The van der Waals surface area contributed by atoms with Crippen LogP contribution in [-0.4, -0.2) is 27.4 Å². The summed E-state index contributed by atoms with van der Waals surface area (Å²) in [6, 6.07) is 16.6. The van der Waals surface area contributed by atoms with Crippen molar-refractivity contribution in [2.24, 2.45) is 0 Å². The molecule has 6 heteroatoms. The van der Waals surface area contributed by atoms with Crippen LogP contribution in [0.3, 0.4) is 0 Å². The molecule has 134 valence electrons. The zero-order valence-corrected chi connectivity index (χ0v) is 14.8. The highest BCUT2D eigenvalue weighted by molar-refractivity contribution is 6.06. The zero-order valence-electron chi connectivity index (χ0n) is 14.8. The van der Waals surface area contributed by atoms with Crippen molar-refractivity contribution in [1.29, 1.82) is 0 Å². The Morgan fingerprint density at radius 2 is 1.46 bits per heavy atom. The summed E-state index contributed by atoms with van der Waals surface area (Å²) in [6.07, 6.45) is 0. The number of carbonyl (C=O) groups is 1. The number of urea groups is 1. The predicted octanol–water partition coefficient (Wildman–Crippen LogP) is 4.51. The molecule has 0 fully saturated rings. The number of benzene rings is 3. The topological polar surface area (TPSA) is 68.8 Å². The summed E-state index contributed by atoms with van der Waals surface area (Å²) in [7, 11) is 4.58. The molecular weight excluding hydrogens is 332 g/mol. The number of methoxy groups -OCH3 is 3. The molecule has 0 unspecified atom stereocenters. The molecule has 0 saturated heterocycles. The normalized spacial score (nSPS) is 10.3. The Kier molecular flexibility index (Phi) is 5.12. The van der Waals surface area contributed by atoms with Crippen LogP contribution in [0.15, 0.2) is 54.6 Å². The molecule has 0 heterocycles. The van der Waals surface area contributed by atoms with Gasteiger partial charge in [0.05, 0.1) is 32.7 Å². The second kappa shape index (κ2) is 7.65. The lowest BCUT2D eigenvalue weighted by atomic mass is 10.1. The maximum absolute atomic E-state index is 12.4. The van der Waals surface area contributed by atoms with Crippen LogP contribution in [0.25, 0.3) is 10.8 Å². The number of hydrogen-bond donors (Lipinski definition) is 2. The zero-order chi connectivity index (χ0) is 18.5. The van der Waals surface area contributed by atoms with Crippen LogP contribution in [-0.2, 0) is 0 Å². The number of amides is 2. The van der Waals surface area contributed by atoms with Gasteiger partial charge in [-0.3, -0.25) is 0 Å². The molecule has 0 aliphatic heterocycles. The number of anilines is 2. The van der Waals surface area contributed by atoms with Gasteiger partial charge in [0.2, 0.25) is 5.75 Å². The molecule has 0 radical (unpaired) electrons. The molecule has 2 amide bonds. The lowest BCUT2D eigenvalue weighted by Gasteiger charge is -2.15. The Bertz CT molecular complexity index is 910. The van der Waals surface area contributed by atoms with Gasteiger partial charge in [0.25, 0.3) is 0 Å². The number of fused-ring (bicyclic) bond motifs is 1. The van der Waals surface area contributed by atoms with E-state index in [0.717, 1.165) is 16.5 Å². The van der Waals surface area contributed by atoms with Gasteiger partial charge in [-0.05, 0) is 11.5 Å². The van der Waals surface area contributed by atoms with E-state index in [2.05, 4.69) is 10.6 Å². The van der Waals surface area contributed by atoms with Crippen molar-refractivity contribution in [2.45, 2.75) is 0 Å². The first kappa shape index (κ1) is 17.4. The van der Waals surface area contributed by atoms with E-state index in [1.807, 2.05) is 42.5 Å². The Hall–Kier alpha value is -3.41. The van der Waals surface area contributed by atoms with Crippen LogP contribution in [0, 0.1) is 0 Å². The van der Waals surface area contributed by atoms with E-state index in [0.29, 0.717) is 22.9 Å². The van der Waals surface area contributed by atoms with Gasteiger partial charge in [0.1, 0.15) is 0 Å². The molecule has 0 atom stereocenters. The van der Waals surface area contributed by atoms with E-state index in [-0.39, 0.29) is 6.03 Å². The van der Waals surface area contributed by atoms with Crippen LogP contribution in [0.2, 0.25) is 0 Å². The minimum atomic E-state index is -0.365. The van der Waals surface area contributed by atoms with E-state index in [1.165, 1.54) is 21.3 Å². The number of carbonyl (C=O) groups excluding carboxylic acids is 1. The van der Waals surface area contributed by atoms with E-state index >= 15 is 0 Å². The first-order valence-corrected chi connectivity index (χ1v) is 8.02. The average Bonchev–Trinajstić information content (AvgIpc) is 2.67. The molecule has 26 heavy (non-hydrogen) atoms. The minimum absolute atomic E-state index is 0.365. The van der Waals surface area contributed by atoms with Crippen molar-refractivity contribution in [3.05, 3.63) is 54.6 Å². The van der Waals surface area contributed by atoms with Crippen molar-refractivity contribution >= 4 is 28.2 Å².